The van der Waals surface area contributed by atoms with Crippen molar-refractivity contribution in [2.75, 3.05) is 11.2 Å². The predicted molar refractivity (Wildman–Crippen MR) is 133 cm³/mol. The maximum atomic E-state index is 13.7. The van der Waals surface area contributed by atoms with Crippen LogP contribution in [0.3, 0.4) is 0 Å². The Hall–Kier alpha value is -4.66. The lowest BCUT2D eigenvalue weighted by molar-refractivity contribution is -0.112. The zero-order valence-electron chi connectivity index (χ0n) is 18.8. The molecule has 4 aromatic rings. The first-order chi connectivity index (χ1) is 16.7. The van der Waals surface area contributed by atoms with Gasteiger partial charge in [-0.25, -0.2) is 8.42 Å². The van der Waals surface area contributed by atoms with Crippen molar-refractivity contribution in [1.82, 2.24) is 4.98 Å². The maximum absolute atomic E-state index is 13.7. The predicted octanol–water partition coefficient (Wildman–Crippen LogP) is 4.84. The zero-order valence-corrected chi connectivity index (χ0v) is 19.6. The molecule has 170 valence electrons. The largest absolute Gasteiger partial charge is 0.355 e. The molecule has 35 heavy (non-hydrogen) atoms. The van der Waals surface area contributed by atoms with E-state index >= 15 is 0 Å². The van der Waals surface area contributed by atoms with Crippen LogP contribution in [0.2, 0.25) is 0 Å². The van der Waals surface area contributed by atoms with Gasteiger partial charge >= 0.3 is 0 Å². The summed E-state index contributed by atoms with van der Waals surface area (Å²) in [7, 11) is -3.38. The second kappa shape index (κ2) is 7.98. The van der Waals surface area contributed by atoms with Crippen molar-refractivity contribution in [3.05, 3.63) is 88.6 Å². The average Bonchev–Trinajstić information content (AvgIpc) is 3.35. The summed E-state index contributed by atoms with van der Waals surface area (Å²) in [5.74, 6) is -0.294. The number of H-pyrrole nitrogens is 1. The molecule has 0 unspecified atom stereocenters. The van der Waals surface area contributed by atoms with Gasteiger partial charge in [0.1, 0.15) is 0 Å². The van der Waals surface area contributed by atoms with E-state index in [2.05, 4.69) is 17.1 Å². The van der Waals surface area contributed by atoms with E-state index in [1.807, 2.05) is 12.1 Å². The average molecular weight is 479 g/mol. The lowest BCUT2D eigenvalue weighted by Crippen LogP contribution is -2.20. The van der Waals surface area contributed by atoms with Crippen molar-refractivity contribution in [2.24, 2.45) is 0 Å². The maximum Gasteiger partial charge on any atom is 0.263 e. The molecule has 0 bridgehead atoms. The van der Waals surface area contributed by atoms with Gasteiger partial charge in [-0.1, -0.05) is 6.07 Å². The van der Waals surface area contributed by atoms with E-state index < -0.39 is 9.84 Å². The summed E-state index contributed by atoms with van der Waals surface area (Å²) < 4.78 is 23.7. The topological polar surface area (TPSA) is 118 Å². The number of fused-ring (bicyclic) bond motifs is 2. The number of rotatable bonds is 3. The van der Waals surface area contributed by atoms with Crippen LogP contribution in [-0.2, 0) is 14.6 Å². The summed E-state index contributed by atoms with van der Waals surface area (Å²) in [4.78, 5) is 18.6. The SMILES string of the molecule is Cc1cc2c(cc1C#N)C(=Cc1cc3ccc(C#N)cc3[nH]1)C(=O)N2c1ccc(S(C)(=O)=O)cc1. The van der Waals surface area contributed by atoms with Crippen LogP contribution in [0.15, 0.2) is 65.6 Å². The number of benzene rings is 3. The van der Waals surface area contributed by atoms with E-state index in [9.17, 15) is 18.5 Å². The monoisotopic (exact) mass is 478 g/mol. The minimum atomic E-state index is -3.38. The van der Waals surface area contributed by atoms with Crippen molar-refractivity contribution in [3.63, 3.8) is 0 Å². The molecule has 0 aliphatic carbocycles. The molecule has 1 aliphatic heterocycles. The Labute approximate surface area is 202 Å². The van der Waals surface area contributed by atoms with Crippen LogP contribution in [0.4, 0.5) is 11.4 Å². The number of nitrogens with zero attached hydrogens (tertiary/aromatic N) is 3. The van der Waals surface area contributed by atoms with Crippen LogP contribution in [0.25, 0.3) is 22.6 Å². The molecular weight excluding hydrogens is 460 g/mol. The molecule has 0 saturated carbocycles. The number of amides is 1. The normalized spacial score (nSPS) is 14.2. The van der Waals surface area contributed by atoms with Gasteiger partial charge in [0.15, 0.2) is 9.84 Å². The fraction of sp³-hybridized carbons (Fsp3) is 0.0741. The van der Waals surface area contributed by atoms with Crippen molar-refractivity contribution in [3.8, 4) is 12.1 Å². The molecule has 1 aromatic heterocycles. The molecule has 1 amide bonds. The fourth-order valence-electron chi connectivity index (χ4n) is 4.25. The minimum absolute atomic E-state index is 0.162. The van der Waals surface area contributed by atoms with Gasteiger partial charge in [0.2, 0.25) is 0 Å². The third kappa shape index (κ3) is 3.76. The third-order valence-corrected chi connectivity index (χ3v) is 7.15. The van der Waals surface area contributed by atoms with E-state index in [4.69, 9.17) is 5.26 Å². The van der Waals surface area contributed by atoms with Gasteiger partial charge in [-0.05, 0) is 73.2 Å². The summed E-state index contributed by atoms with van der Waals surface area (Å²) in [5.41, 5.74) is 5.32. The van der Waals surface area contributed by atoms with Crippen LogP contribution in [-0.4, -0.2) is 25.6 Å². The summed E-state index contributed by atoms with van der Waals surface area (Å²) >= 11 is 0. The molecule has 0 saturated heterocycles. The van der Waals surface area contributed by atoms with E-state index in [1.54, 1.807) is 49.4 Å². The number of aryl methyl sites for hydroxylation is 1. The van der Waals surface area contributed by atoms with Gasteiger partial charge in [-0.2, -0.15) is 10.5 Å². The molecule has 0 radical (unpaired) electrons. The van der Waals surface area contributed by atoms with Crippen molar-refractivity contribution in [2.45, 2.75) is 11.8 Å². The summed E-state index contributed by atoms with van der Waals surface area (Å²) in [6, 6.07) is 21.1. The Bertz CT molecular complexity index is 1770. The number of carbonyl (C=O) groups excluding carboxylic acids is 1. The Balaban J connectivity index is 1.67. The van der Waals surface area contributed by atoms with Crippen LogP contribution < -0.4 is 4.90 Å². The standard InChI is InChI=1S/C27H18N4O3S/c1-16-9-26-23(12-19(16)15-29)24(13-20-11-18-4-3-17(14-28)10-25(18)30-20)27(32)31(26)21-5-7-22(8-6-21)35(2,33)34/h3-13,30H,1-2H3. The number of nitrogens with one attached hydrogen (secondary N) is 1. The van der Waals surface area contributed by atoms with E-state index in [0.29, 0.717) is 39.3 Å². The minimum Gasteiger partial charge on any atom is -0.355 e. The highest BCUT2D eigenvalue weighted by Crippen LogP contribution is 2.43. The van der Waals surface area contributed by atoms with Crippen LogP contribution >= 0.6 is 0 Å². The highest BCUT2D eigenvalue weighted by atomic mass is 32.2. The lowest BCUT2D eigenvalue weighted by atomic mass is 10.00. The quantitative estimate of drug-likeness (QED) is 0.423. The van der Waals surface area contributed by atoms with Gasteiger partial charge in [-0.3, -0.25) is 9.69 Å². The Morgan fingerprint density at radius 3 is 2.37 bits per heavy atom. The Morgan fingerprint density at radius 2 is 1.71 bits per heavy atom. The van der Waals surface area contributed by atoms with Gasteiger partial charge in [0.05, 0.1) is 39.4 Å². The van der Waals surface area contributed by atoms with E-state index in [1.165, 1.54) is 17.0 Å². The van der Waals surface area contributed by atoms with Crippen molar-refractivity contribution in [1.29, 1.82) is 10.5 Å². The Kier molecular flexibility index (Phi) is 5.05. The van der Waals surface area contributed by atoms with Gasteiger partial charge < -0.3 is 4.98 Å². The van der Waals surface area contributed by atoms with E-state index in [-0.39, 0.29) is 10.8 Å². The van der Waals surface area contributed by atoms with Gasteiger partial charge in [0, 0.05) is 34.1 Å². The van der Waals surface area contributed by atoms with Crippen LogP contribution in [0.1, 0.15) is 27.9 Å². The first-order valence-electron chi connectivity index (χ1n) is 10.6. The molecule has 1 N–H and O–H groups in total. The first-order valence-corrected chi connectivity index (χ1v) is 12.5. The Morgan fingerprint density at radius 1 is 0.971 bits per heavy atom. The van der Waals surface area contributed by atoms with Crippen LogP contribution in [0.5, 0.6) is 0 Å². The molecule has 0 spiro atoms. The van der Waals surface area contributed by atoms with E-state index in [0.717, 1.165) is 22.7 Å². The highest BCUT2D eigenvalue weighted by molar-refractivity contribution is 7.90. The molecule has 2 heterocycles. The number of carbonyl (C=O) groups is 1. The molecule has 0 fully saturated rings. The molecule has 8 heteroatoms. The molecule has 0 atom stereocenters. The molecule has 7 nitrogen and oxygen atoms in total. The third-order valence-electron chi connectivity index (χ3n) is 6.02. The highest BCUT2D eigenvalue weighted by Gasteiger charge is 2.34. The second-order valence-electron chi connectivity index (χ2n) is 8.40. The summed E-state index contributed by atoms with van der Waals surface area (Å²) in [5, 5.41) is 19.6. The second-order valence-corrected chi connectivity index (χ2v) is 10.4. The number of hydrogen-bond donors (Lipinski definition) is 1. The smallest absolute Gasteiger partial charge is 0.263 e. The van der Waals surface area contributed by atoms with Gasteiger partial charge in [0.25, 0.3) is 5.91 Å². The van der Waals surface area contributed by atoms with Crippen LogP contribution in [0, 0.1) is 29.6 Å². The number of sulfone groups is 1. The molecule has 5 rings (SSSR count). The number of anilines is 2. The number of hydrogen-bond acceptors (Lipinski definition) is 5. The zero-order chi connectivity index (χ0) is 24.9. The van der Waals surface area contributed by atoms with Gasteiger partial charge in [-0.15, -0.1) is 0 Å². The number of aromatic amines is 1. The molecule has 3 aromatic carbocycles. The van der Waals surface area contributed by atoms with Crippen molar-refractivity contribution >= 4 is 49.7 Å². The number of aromatic nitrogens is 1. The fourth-order valence-corrected chi connectivity index (χ4v) is 4.88. The first kappa shape index (κ1) is 22.1. The summed E-state index contributed by atoms with van der Waals surface area (Å²) in [6.07, 6.45) is 2.86. The number of nitriles is 2. The molecular formula is C27H18N4O3S. The lowest BCUT2D eigenvalue weighted by Gasteiger charge is -2.18. The summed E-state index contributed by atoms with van der Waals surface area (Å²) in [6.45, 7) is 1.81. The molecule has 1 aliphatic rings. The van der Waals surface area contributed by atoms with Crippen molar-refractivity contribution < 1.29 is 13.2 Å².